The van der Waals surface area contributed by atoms with Gasteiger partial charge in [-0.25, -0.2) is 0 Å². The monoisotopic (exact) mass is 211 g/mol. The van der Waals surface area contributed by atoms with E-state index in [-0.39, 0.29) is 0 Å². The van der Waals surface area contributed by atoms with Gasteiger partial charge in [0.15, 0.2) is 6.29 Å². The highest BCUT2D eigenvalue weighted by Crippen LogP contribution is 2.22. The topological polar surface area (TPSA) is 47.0 Å². The molecule has 3 nitrogen and oxygen atoms in total. The highest BCUT2D eigenvalue weighted by Gasteiger charge is 2.04. The second kappa shape index (κ2) is 4.49. The van der Waals surface area contributed by atoms with E-state index in [1.54, 1.807) is 36.7 Å². The van der Waals surface area contributed by atoms with E-state index in [1.165, 1.54) is 0 Å². The molecule has 0 saturated carbocycles. The SMILES string of the molecule is O=Cc1cccc(-c2cnccc2C=O)c1. The van der Waals surface area contributed by atoms with Gasteiger partial charge in [-0.2, -0.15) is 0 Å². The Morgan fingerprint density at radius 2 is 1.94 bits per heavy atom. The Kier molecular flexibility index (Phi) is 2.87. The molecule has 0 radical (unpaired) electrons. The van der Waals surface area contributed by atoms with Crippen LogP contribution in [0.5, 0.6) is 0 Å². The first kappa shape index (κ1) is 10.2. The summed E-state index contributed by atoms with van der Waals surface area (Å²) >= 11 is 0. The van der Waals surface area contributed by atoms with Crippen LogP contribution in [0.25, 0.3) is 11.1 Å². The highest BCUT2D eigenvalue weighted by atomic mass is 16.1. The fourth-order valence-electron chi connectivity index (χ4n) is 1.53. The zero-order valence-electron chi connectivity index (χ0n) is 8.46. The van der Waals surface area contributed by atoms with Gasteiger partial charge in [0.25, 0.3) is 0 Å². The van der Waals surface area contributed by atoms with Crippen LogP contribution in [0.4, 0.5) is 0 Å². The van der Waals surface area contributed by atoms with Crippen molar-refractivity contribution in [3.8, 4) is 11.1 Å². The number of carbonyl (C=O) groups is 2. The molecule has 0 spiro atoms. The van der Waals surface area contributed by atoms with Crippen molar-refractivity contribution >= 4 is 12.6 Å². The Hall–Kier alpha value is -2.29. The lowest BCUT2D eigenvalue weighted by atomic mass is 10.0. The quantitative estimate of drug-likeness (QED) is 0.732. The number of nitrogens with zero attached hydrogens (tertiary/aromatic N) is 1. The van der Waals surface area contributed by atoms with Crippen LogP contribution >= 0.6 is 0 Å². The highest BCUT2D eigenvalue weighted by molar-refractivity contribution is 5.88. The van der Waals surface area contributed by atoms with Crippen LogP contribution in [0.1, 0.15) is 20.7 Å². The first-order valence-corrected chi connectivity index (χ1v) is 4.80. The number of aromatic nitrogens is 1. The molecule has 3 heteroatoms. The Morgan fingerprint density at radius 1 is 1.06 bits per heavy atom. The van der Waals surface area contributed by atoms with Crippen LogP contribution in [0.2, 0.25) is 0 Å². The standard InChI is InChI=1S/C13H9NO2/c15-8-10-2-1-3-11(6-10)13-7-14-5-4-12(13)9-16/h1-9H. The first-order chi connectivity index (χ1) is 7.85. The van der Waals surface area contributed by atoms with E-state index >= 15 is 0 Å². The number of hydrogen-bond donors (Lipinski definition) is 0. The van der Waals surface area contributed by atoms with Crippen LogP contribution < -0.4 is 0 Å². The molecule has 0 bridgehead atoms. The molecular weight excluding hydrogens is 202 g/mol. The second-order valence-electron chi connectivity index (χ2n) is 3.32. The van der Waals surface area contributed by atoms with Gasteiger partial charge in [-0.1, -0.05) is 18.2 Å². The average molecular weight is 211 g/mol. The lowest BCUT2D eigenvalue weighted by Gasteiger charge is -2.04. The zero-order valence-corrected chi connectivity index (χ0v) is 8.46. The van der Waals surface area contributed by atoms with Crippen molar-refractivity contribution in [2.24, 2.45) is 0 Å². The summed E-state index contributed by atoms with van der Waals surface area (Å²) in [5, 5.41) is 0. The van der Waals surface area contributed by atoms with E-state index in [0.717, 1.165) is 23.7 Å². The van der Waals surface area contributed by atoms with Gasteiger partial charge in [0, 0.05) is 29.1 Å². The maximum atomic E-state index is 10.9. The molecule has 0 aliphatic rings. The number of pyridine rings is 1. The van der Waals surface area contributed by atoms with E-state index in [1.807, 2.05) is 6.07 Å². The van der Waals surface area contributed by atoms with Crippen molar-refractivity contribution in [2.75, 3.05) is 0 Å². The molecule has 0 aliphatic heterocycles. The number of hydrogen-bond acceptors (Lipinski definition) is 3. The van der Waals surface area contributed by atoms with Crippen molar-refractivity contribution < 1.29 is 9.59 Å². The van der Waals surface area contributed by atoms with Gasteiger partial charge in [0.2, 0.25) is 0 Å². The average Bonchev–Trinajstić information content (AvgIpc) is 2.38. The first-order valence-electron chi connectivity index (χ1n) is 4.80. The lowest BCUT2D eigenvalue weighted by Crippen LogP contribution is -1.89. The summed E-state index contributed by atoms with van der Waals surface area (Å²) in [4.78, 5) is 25.5. The van der Waals surface area contributed by atoms with Crippen molar-refractivity contribution in [2.45, 2.75) is 0 Å². The summed E-state index contributed by atoms with van der Waals surface area (Å²) < 4.78 is 0. The van der Waals surface area contributed by atoms with Crippen molar-refractivity contribution in [1.82, 2.24) is 4.98 Å². The van der Waals surface area contributed by atoms with E-state index in [0.29, 0.717) is 11.1 Å². The number of carbonyl (C=O) groups excluding carboxylic acids is 2. The van der Waals surface area contributed by atoms with Crippen LogP contribution in [0, 0.1) is 0 Å². The van der Waals surface area contributed by atoms with Gasteiger partial charge in [0.05, 0.1) is 0 Å². The Balaban J connectivity index is 2.57. The van der Waals surface area contributed by atoms with Crippen LogP contribution in [0.15, 0.2) is 42.7 Å². The molecule has 0 aliphatic carbocycles. The summed E-state index contributed by atoms with van der Waals surface area (Å²) in [6.07, 6.45) is 4.75. The van der Waals surface area contributed by atoms with Gasteiger partial charge >= 0.3 is 0 Å². The summed E-state index contributed by atoms with van der Waals surface area (Å²) in [6.45, 7) is 0. The van der Waals surface area contributed by atoms with Crippen molar-refractivity contribution in [3.63, 3.8) is 0 Å². The van der Waals surface area contributed by atoms with Crippen molar-refractivity contribution in [3.05, 3.63) is 53.9 Å². The molecule has 0 atom stereocenters. The fourth-order valence-corrected chi connectivity index (χ4v) is 1.53. The number of aldehydes is 2. The van der Waals surface area contributed by atoms with E-state index in [4.69, 9.17) is 0 Å². The normalized spacial score (nSPS) is 9.75. The molecule has 2 aromatic rings. The third kappa shape index (κ3) is 1.88. The van der Waals surface area contributed by atoms with Crippen molar-refractivity contribution in [1.29, 1.82) is 0 Å². The predicted octanol–water partition coefficient (Wildman–Crippen LogP) is 2.37. The molecule has 1 heterocycles. The Labute approximate surface area is 92.8 Å². The second-order valence-corrected chi connectivity index (χ2v) is 3.32. The van der Waals surface area contributed by atoms with Crippen LogP contribution in [-0.2, 0) is 0 Å². The minimum atomic E-state index is 0.568. The molecule has 78 valence electrons. The van der Waals surface area contributed by atoms with Gasteiger partial charge in [-0.05, 0) is 17.7 Å². The maximum absolute atomic E-state index is 10.9. The van der Waals surface area contributed by atoms with Gasteiger partial charge < -0.3 is 0 Å². The van der Waals surface area contributed by atoms with E-state index in [2.05, 4.69) is 4.98 Å². The van der Waals surface area contributed by atoms with Crippen LogP contribution in [0.3, 0.4) is 0 Å². The minimum Gasteiger partial charge on any atom is -0.298 e. The van der Waals surface area contributed by atoms with Gasteiger partial charge in [-0.3, -0.25) is 14.6 Å². The van der Waals surface area contributed by atoms with Gasteiger partial charge in [0.1, 0.15) is 6.29 Å². The van der Waals surface area contributed by atoms with Crippen LogP contribution in [-0.4, -0.2) is 17.6 Å². The summed E-state index contributed by atoms with van der Waals surface area (Å²) in [5.74, 6) is 0. The number of rotatable bonds is 3. The molecule has 0 saturated heterocycles. The number of benzene rings is 1. The molecule has 0 amide bonds. The Morgan fingerprint density at radius 3 is 2.69 bits per heavy atom. The summed E-state index contributed by atoms with van der Waals surface area (Å²) in [7, 11) is 0. The third-order valence-electron chi connectivity index (χ3n) is 2.32. The largest absolute Gasteiger partial charge is 0.298 e. The summed E-state index contributed by atoms with van der Waals surface area (Å²) in [5.41, 5.74) is 2.71. The minimum absolute atomic E-state index is 0.568. The molecule has 2 rings (SSSR count). The van der Waals surface area contributed by atoms with E-state index in [9.17, 15) is 9.59 Å². The molecule has 16 heavy (non-hydrogen) atoms. The molecule has 1 aromatic heterocycles. The molecule has 0 unspecified atom stereocenters. The third-order valence-corrected chi connectivity index (χ3v) is 2.32. The molecular formula is C13H9NO2. The lowest BCUT2D eigenvalue weighted by molar-refractivity contribution is 0.111. The maximum Gasteiger partial charge on any atom is 0.150 e. The predicted molar refractivity (Wildman–Crippen MR) is 60.4 cm³/mol. The molecule has 1 aromatic carbocycles. The summed E-state index contributed by atoms with van der Waals surface area (Å²) in [6, 6.07) is 8.72. The fraction of sp³-hybridized carbons (Fsp3) is 0. The molecule has 0 N–H and O–H groups in total. The Bertz CT molecular complexity index is 535. The smallest absolute Gasteiger partial charge is 0.150 e. The zero-order chi connectivity index (χ0) is 11.4. The van der Waals surface area contributed by atoms with Gasteiger partial charge in [-0.15, -0.1) is 0 Å². The molecule has 0 fully saturated rings. The van der Waals surface area contributed by atoms with E-state index < -0.39 is 0 Å².